The first-order valence-corrected chi connectivity index (χ1v) is 6.96. The Hall–Kier alpha value is -1.58. The lowest BCUT2D eigenvalue weighted by atomic mass is 10.1. The van der Waals surface area contributed by atoms with Crippen molar-refractivity contribution in [2.24, 2.45) is 0 Å². The van der Waals surface area contributed by atoms with E-state index in [0.29, 0.717) is 0 Å². The van der Waals surface area contributed by atoms with E-state index >= 15 is 0 Å². The van der Waals surface area contributed by atoms with Crippen LogP contribution >= 0.6 is 27.5 Å². The van der Waals surface area contributed by atoms with Crippen molar-refractivity contribution in [3.63, 3.8) is 0 Å². The molecule has 94 valence electrons. The Morgan fingerprint density at radius 2 is 1.95 bits per heavy atom. The molecule has 0 saturated carbocycles. The second kappa shape index (κ2) is 5.19. The number of hydrogen-bond donors (Lipinski definition) is 1. The molecule has 3 aromatic rings. The van der Waals surface area contributed by atoms with Crippen LogP contribution in [0.2, 0.25) is 5.02 Å². The topological polar surface area (TPSA) is 28.7 Å². The second-order valence-corrected chi connectivity index (χ2v) is 5.47. The number of halogens is 2. The summed E-state index contributed by atoms with van der Waals surface area (Å²) >= 11 is 9.57. The van der Waals surface area contributed by atoms with Gasteiger partial charge in [0.15, 0.2) is 0 Å². The predicted molar refractivity (Wildman–Crippen MR) is 84.2 cm³/mol. The van der Waals surface area contributed by atoms with Crippen molar-refractivity contribution >= 4 is 50.7 Å². The van der Waals surface area contributed by atoms with Crippen molar-refractivity contribution in [2.45, 2.75) is 0 Å². The van der Waals surface area contributed by atoms with Crippen LogP contribution in [0.15, 0.2) is 47.2 Å². The van der Waals surface area contributed by atoms with Crippen LogP contribution < -0.4 is 0 Å². The smallest absolute Gasteiger partial charge is 0.137 e. The lowest BCUT2D eigenvalue weighted by molar-refractivity contribution is 1.31. The Balaban J connectivity index is 2.02. The fourth-order valence-electron chi connectivity index (χ4n) is 1.93. The van der Waals surface area contributed by atoms with Gasteiger partial charge >= 0.3 is 0 Å². The molecule has 0 unspecified atom stereocenters. The van der Waals surface area contributed by atoms with Gasteiger partial charge in [0.05, 0.1) is 0 Å². The highest BCUT2D eigenvalue weighted by molar-refractivity contribution is 9.10. The van der Waals surface area contributed by atoms with Crippen molar-refractivity contribution in [3.8, 4) is 0 Å². The summed E-state index contributed by atoms with van der Waals surface area (Å²) in [4.78, 5) is 7.46. The molecule has 1 aromatic carbocycles. The molecular weight excluding hydrogens is 324 g/mol. The zero-order valence-corrected chi connectivity index (χ0v) is 12.2. The zero-order valence-electron chi connectivity index (χ0n) is 9.90. The van der Waals surface area contributed by atoms with Crippen LogP contribution in [0.5, 0.6) is 0 Å². The highest BCUT2D eigenvalue weighted by Crippen LogP contribution is 2.23. The molecule has 3 rings (SSSR count). The van der Waals surface area contributed by atoms with Gasteiger partial charge in [0.2, 0.25) is 0 Å². The van der Waals surface area contributed by atoms with Gasteiger partial charge in [-0.1, -0.05) is 42.0 Å². The van der Waals surface area contributed by atoms with E-state index in [2.05, 4.69) is 25.9 Å². The molecule has 0 spiro atoms. The van der Waals surface area contributed by atoms with Crippen LogP contribution in [0.4, 0.5) is 0 Å². The Morgan fingerprint density at radius 1 is 1.16 bits per heavy atom. The summed E-state index contributed by atoms with van der Waals surface area (Å²) in [7, 11) is 0. The Morgan fingerprint density at radius 3 is 2.79 bits per heavy atom. The third-order valence-corrected chi connectivity index (χ3v) is 3.66. The molecular formula is C15H10BrClN2. The number of nitrogens with one attached hydrogen (secondary N) is 1. The summed E-state index contributed by atoms with van der Waals surface area (Å²) in [6.07, 6.45) is 7.76. The number of H-pyrrole nitrogens is 1. The molecule has 0 saturated heterocycles. The summed E-state index contributed by atoms with van der Waals surface area (Å²) in [5.74, 6) is 0. The maximum atomic E-state index is 6.13. The molecule has 0 fully saturated rings. The highest BCUT2D eigenvalue weighted by Gasteiger charge is 2.02. The monoisotopic (exact) mass is 332 g/mol. The van der Waals surface area contributed by atoms with Crippen molar-refractivity contribution in [3.05, 3.63) is 63.3 Å². The van der Waals surface area contributed by atoms with E-state index in [9.17, 15) is 0 Å². The molecule has 2 nitrogen and oxygen atoms in total. The fraction of sp³-hybridized carbons (Fsp3) is 0. The molecule has 1 N–H and O–H groups in total. The number of rotatable bonds is 2. The number of pyridine rings is 1. The predicted octanol–water partition coefficient (Wildman–Crippen LogP) is 5.15. The molecule has 4 heteroatoms. The third kappa shape index (κ3) is 2.57. The molecule has 19 heavy (non-hydrogen) atoms. The number of aromatic nitrogens is 2. The minimum absolute atomic E-state index is 0.748. The quantitative estimate of drug-likeness (QED) is 0.690. The molecule has 0 aliphatic rings. The van der Waals surface area contributed by atoms with Gasteiger partial charge in [-0.05, 0) is 33.6 Å². The van der Waals surface area contributed by atoms with E-state index < -0.39 is 0 Å². The summed E-state index contributed by atoms with van der Waals surface area (Å²) in [5.41, 5.74) is 2.97. The summed E-state index contributed by atoms with van der Waals surface area (Å²) < 4.78 is 0.965. The number of fused-ring (bicyclic) bond motifs is 1. The van der Waals surface area contributed by atoms with E-state index in [0.717, 1.165) is 31.7 Å². The highest BCUT2D eigenvalue weighted by atomic mass is 79.9. The lowest BCUT2D eigenvalue weighted by Crippen LogP contribution is -1.76. The van der Waals surface area contributed by atoms with Gasteiger partial charge in [-0.3, -0.25) is 0 Å². The van der Waals surface area contributed by atoms with Crippen molar-refractivity contribution in [2.75, 3.05) is 0 Å². The molecule has 2 aromatic heterocycles. The minimum Gasteiger partial charge on any atom is -0.346 e. The summed E-state index contributed by atoms with van der Waals surface area (Å²) in [5, 5.41) is 1.83. The fourth-order valence-corrected chi connectivity index (χ4v) is 2.46. The first-order valence-electron chi connectivity index (χ1n) is 5.79. The van der Waals surface area contributed by atoms with Gasteiger partial charge in [0, 0.05) is 32.8 Å². The SMILES string of the molecule is Clc1ccccc1C=Cc1c[nH]c2ncc(Br)cc12. The summed E-state index contributed by atoms with van der Waals surface area (Å²) in [6, 6.07) is 9.81. The molecule has 0 amide bonds. The first kappa shape index (κ1) is 12.5. The van der Waals surface area contributed by atoms with Crippen LogP contribution in [0.25, 0.3) is 23.2 Å². The van der Waals surface area contributed by atoms with Gasteiger partial charge in [-0.2, -0.15) is 0 Å². The number of aromatic amines is 1. The lowest BCUT2D eigenvalue weighted by Gasteiger charge is -1.96. The standard InChI is InChI=1S/C15H10BrClN2/c16-12-7-13-11(8-18-15(13)19-9-12)6-5-10-3-1-2-4-14(10)17/h1-9H,(H,18,19). The maximum absolute atomic E-state index is 6.13. The van der Waals surface area contributed by atoms with Gasteiger partial charge in [0.1, 0.15) is 5.65 Å². The Labute approximate surface area is 124 Å². The van der Waals surface area contributed by atoms with Crippen molar-refractivity contribution < 1.29 is 0 Å². The normalized spacial score (nSPS) is 11.5. The van der Waals surface area contributed by atoms with Crippen LogP contribution in [-0.2, 0) is 0 Å². The Bertz CT molecular complexity index is 762. The van der Waals surface area contributed by atoms with Crippen LogP contribution in [0, 0.1) is 0 Å². The molecule has 0 radical (unpaired) electrons. The van der Waals surface area contributed by atoms with E-state index in [1.807, 2.05) is 48.7 Å². The number of nitrogens with zero attached hydrogens (tertiary/aromatic N) is 1. The van der Waals surface area contributed by atoms with Crippen molar-refractivity contribution in [1.29, 1.82) is 0 Å². The van der Waals surface area contributed by atoms with Crippen LogP contribution in [0.1, 0.15) is 11.1 Å². The average molecular weight is 334 g/mol. The van der Waals surface area contributed by atoms with Crippen LogP contribution in [-0.4, -0.2) is 9.97 Å². The molecule has 2 heterocycles. The minimum atomic E-state index is 0.748. The van der Waals surface area contributed by atoms with Gasteiger partial charge < -0.3 is 4.98 Å². The summed E-state index contributed by atoms with van der Waals surface area (Å²) in [6.45, 7) is 0. The molecule has 0 aliphatic heterocycles. The number of hydrogen-bond acceptors (Lipinski definition) is 1. The van der Waals surface area contributed by atoms with Crippen LogP contribution in [0.3, 0.4) is 0 Å². The van der Waals surface area contributed by atoms with Gasteiger partial charge in [-0.15, -0.1) is 0 Å². The third-order valence-electron chi connectivity index (χ3n) is 2.88. The van der Waals surface area contributed by atoms with Gasteiger partial charge in [0.25, 0.3) is 0 Å². The second-order valence-electron chi connectivity index (χ2n) is 4.15. The van der Waals surface area contributed by atoms with E-state index in [4.69, 9.17) is 11.6 Å². The maximum Gasteiger partial charge on any atom is 0.137 e. The van der Waals surface area contributed by atoms with Gasteiger partial charge in [-0.25, -0.2) is 4.98 Å². The first-order chi connectivity index (χ1) is 9.24. The largest absolute Gasteiger partial charge is 0.346 e. The van der Waals surface area contributed by atoms with E-state index in [1.165, 1.54) is 0 Å². The van der Waals surface area contributed by atoms with Crippen molar-refractivity contribution in [1.82, 2.24) is 9.97 Å². The molecule has 0 aliphatic carbocycles. The zero-order chi connectivity index (χ0) is 13.2. The average Bonchev–Trinajstić information content (AvgIpc) is 2.80. The van der Waals surface area contributed by atoms with E-state index in [-0.39, 0.29) is 0 Å². The Kier molecular flexibility index (Phi) is 3.40. The molecule has 0 atom stereocenters. The number of benzene rings is 1. The van der Waals surface area contributed by atoms with E-state index in [1.54, 1.807) is 6.20 Å². The molecule has 0 bridgehead atoms.